The van der Waals surface area contributed by atoms with Gasteiger partial charge in [-0.2, -0.15) is 0 Å². The van der Waals surface area contributed by atoms with E-state index in [2.05, 4.69) is 0 Å². The molecule has 0 bridgehead atoms. The van der Waals surface area contributed by atoms with Crippen LogP contribution < -0.4 is 4.74 Å². The fourth-order valence-corrected chi connectivity index (χ4v) is 3.69. The number of carboxylic acid groups (broad SMARTS) is 1. The summed E-state index contributed by atoms with van der Waals surface area (Å²) in [5, 5.41) is 10.1. The van der Waals surface area contributed by atoms with Gasteiger partial charge in [0.05, 0.1) is 13.2 Å². The van der Waals surface area contributed by atoms with Crippen LogP contribution in [0.2, 0.25) is 5.02 Å². The van der Waals surface area contributed by atoms with Gasteiger partial charge < -0.3 is 9.84 Å². The number of methoxy groups -OCH3 is 1. The first-order valence-corrected chi connectivity index (χ1v) is 8.46. The minimum absolute atomic E-state index is 0.366. The Hall–Kier alpha value is -2.11. The van der Waals surface area contributed by atoms with E-state index in [1.54, 1.807) is 37.4 Å². The number of carboxylic acids is 1. The van der Waals surface area contributed by atoms with Crippen LogP contribution in [0.4, 0.5) is 4.39 Å². The van der Waals surface area contributed by atoms with Gasteiger partial charge in [0.25, 0.3) is 0 Å². The van der Waals surface area contributed by atoms with Crippen molar-refractivity contribution >= 4 is 17.6 Å². The molecule has 1 heterocycles. The molecule has 132 valence electrons. The monoisotopic (exact) mass is 363 g/mol. The predicted molar refractivity (Wildman–Crippen MR) is 93.6 cm³/mol. The molecule has 0 saturated carbocycles. The Labute approximate surface area is 150 Å². The van der Waals surface area contributed by atoms with Crippen LogP contribution >= 0.6 is 11.6 Å². The van der Waals surface area contributed by atoms with Gasteiger partial charge in [0.1, 0.15) is 17.6 Å². The van der Waals surface area contributed by atoms with Crippen LogP contribution in [0.3, 0.4) is 0 Å². The molecule has 2 aromatic carbocycles. The minimum atomic E-state index is -0.875. The average molecular weight is 364 g/mol. The maximum Gasteiger partial charge on any atom is 0.320 e. The molecule has 1 fully saturated rings. The number of rotatable bonds is 5. The van der Waals surface area contributed by atoms with Crippen molar-refractivity contribution in [2.75, 3.05) is 13.7 Å². The zero-order valence-corrected chi connectivity index (χ0v) is 14.5. The molecule has 0 spiro atoms. The van der Waals surface area contributed by atoms with E-state index < -0.39 is 18.1 Å². The summed E-state index contributed by atoms with van der Waals surface area (Å²) < 4.78 is 19.3. The van der Waals surface area contributed by atoms with Gasteiger partial charge in [-0.05, 0) is 48.7 Å². The van der Waals surface area contributed by atoms with Crippen molar-refractivity contribution in [1.82, 2.24) is 4.90 Å². The summed E-state index contributed by atoms with van der Waals surface area (Å²) in [6.45, 7) is 0.605. The molecule has 1 N–H and O–H groups in total. The number of likely N-dealkylation sites (tertiary alicyclic amines) is 1. The van der Waals surface area contributed by atoms with Crippen molar-refractivity contribution in [1.29, 1.82) is 0 Å². The van der Waals surface area contributed by atoms with Crippen LogP contribution in [-0.4, -0.2) is 35.7 Å². The summed E-state index contributed by atoms with van der Waals surface area (Å²) in [6, 6.07) is 10.4. The predicted octanol–water partition coefficient (Wildman–Crippen LogP) is 4.13. The fourth-order valence-electron chi connectivity index (χ4n) is 3.51. The van der Waals surface area contributed by atoms with Gasteiger partial charge in [-0.1, -0.05) is 23.7 Å². The number of hydrogen-bond acceptors (Lipinski definition) is 3. The summed E-state index contributed by atoms with van der Waals surface area (Å²) >= 11 is 6.18. The van der Waals surface area contributed by atoms with E-state index in [4.69, 9.17) is 16.3 Å². The van der Waals surface area contributed by atoms with Gasteiger partial charge in [-0.3, -0.25) is 9.69 Å². The molecule has 0 aromatic heterocycles. The minimum Gasteiger partial charge on any atom is -0.496 e. The highest BCUT2D eigenvalue weighted by atomic mass is 35.5. The van der Waals surface area contributed by atoms with E-state index in [9.17, 15) is 14.3 Å². The first-order chi connectivity index (χ1) is 12.0. The van der Waals surface area contributed by atoms with Gasteiger partial charge in [0, 0.05) is 17.1 Å². The van der Waals surface area contributed by atoms with Crippen molar-refractivity contribution in [3.05, 3.63) is 64.4 Å². The Balaban J connectivity index is 2.16. The Morgan fingerprint density at radius 3 is 2.84 bits per heavy atom. The second kappa shape index (κ2) is 7.42. The lowest BCUT2D eigenvalue weighted by atomic mass is 9.95. The zero-order chi connectivity index (χ0) is 18.0. The average Bonchev–Trinajstić information content (AvgIpc) is 3.05. The normalized spacial score (nSPS) is 18.9. The molecular formula is C19H19ClFNO3. The summed E-state index contributed by atoms with van der Waals surface area (Å²) in [5.74, 6) is -0.649. The Morgan fingerprint density at radius 2 is 2.16 bits per heavy atom. The maximum atomic E-state index is 13.9. The van der Waals surface area contributed by atoms with Crippen molar-refractivity contribution < 1.29 is 19.0 Å². The number of halogens is 2. The smallest absolute Gasteiger partial charge is 0.320 e. The van der Waals surface area contributed by atoms with Crippen molar-refractivity contribution in [3.8, 4) is 5.75 Å². The summed E-state index contributed by atoms with van der Waals surface area (Å²) in [6.07, 6.45) is 1.33. The second-order valence-electron chi connectivity index (χ2n) is 6.08. The van der Waals surface area contributed by atoms with E-state index in [-0.39, 0.29) is 5.82 Å². The van der Waals surface area contributed by atoms with Crippen LogP contribution in [0.5, 0.6) is 5.75 Å². The standard InChI is InChI=1S/C19H19ClFNO3/c1-25-17-8-7-13(20)11-15(17)18(12-4-2-5-14(21)10-12)22-9-3-6-16(22)19(23)24/h2,4-5,7-8,10-11,16,18H,3,6,9H2,1H3,(H,23,24). The van der Waals surface area contributed by atoms with Crippen LogP contribution in [0, 0.1) is 5.82 Å². The molecule has 4 nitrogen and oxygen atoms in total. The molecule has 1 aliphatic rings. The lowest BCUT2D eigenvalue weighted by molar-refractivity contribution is -0.142. The molecule has 2 unspecified atom stereocenters. The molecule has 0 amide bonds. The Morgan fingerprint density at radius 1 is 1.36 bits per heavy atom. The number of aliphatic carboxylic acids is 1. The molecule has 2 aromatic rings. The largest absolute Gasteiger partial charge is 0.496 e. The fraction of sp³-hybridized carbons (Fsp3) is 0.316. The van der Waals surface area contributed by atoms with E-state index in [0.29, 0.717) is 29.3 Å². The Kier molecular flexibility index (Phi) is 5.25. The summed E-state index contributed by atoms with van der Waals surface area (Å²) in [5.41, 5.74) is 1.41. The highest BCUT2D eigenvalue weighted by Gasteiger charge is 2.38. The van der Waals surface area contributed by atoms with Crippen molar-refractivity contribution in [2.45, 2.75) is 24.9 Å². The van der Waals surface area contributed by atoms with Crippen LogP contribution in [0.25, 0.3) is 0 Å². The third kappa shape index (κ3) is 3.62. The molecular weight excluding hydrogens is 345 g/mol. The van der Waals surface area contributed by atoms with Gasteiger partial charge >= 0.3 is 5.97 Å². The van der Waals surface area contributed by atoms with Gasteiger partial charge in [0.15, 0.2) is 0 Å². The first kappa shape index (κ1) is 17.7. The lowest BCUT2D eigenvalue weighted by Gasteiger charge is -2.33. The van der Waals surface area contributed by atoms with E-state index in [1.165, 1.54) is 12.1 Å². The lowest BCUT2D eigenvalue weighted by Crippen LogP contribution is -2.39. The number of hydrogen-bond donors (Lipinski definition) is 1. The van der Waals surface area contributed by atoms with Crippen LogP contribution in [0.1, 0.15) is 30.0 Å². The van der Waals surface area contributed by atoms with E-state index in [0.717, 1.165) is 12.0 Å². The summed E-state index contributed by atoms with van der Waals surface area (Å²) in [7, 11) is 1.55. The van der Waals surface area contributed by atoms with Gasteiger partial charge in [0.2, 0.25) is 0 Å². The van der Waals surface area contributed by atoms with Crippen LogP contribution in [0.15, 0.2) is 42.5 Å². The van der Waals surface area contributed by atoms with Crippen molar-refractivity contribution in [3.63, 3.8) is 0 Å². The van der Waals surface area contributed by atoms with Gasteiger partial charge in [-0.25, -0.2) is 4.39 Å². The first-order valence-electron chi connectivity index (χ1n) is 8.08. The second-order valence-corrected chi connectivity index (χ2v) is 6.51. The number of carbonyl (C=O) groups is 1. The molecule has 2 atom stereocenters. The zero-order valence-electron chi connectivity index (χ0n) is 13.8. The molecule has 0 radical (unpaired) electrons. The van der Waals surface area contributed by atoms with Crippen molar-refractivity contribution in [2.24, 2.45) is 0 Å². The highest BCUT2D eigenvalue weighted by Crippen LogP contribution is 2.40. The molecule has 0 aliphatic carbocycles. The molecule has 25 heavy (non-hydrogen) atoms. The molecule has 3 rings (SSSR count). The van der Waals surface area contributed by atoms with E-state index in [1.807, 2.05) is 4.90 Å². The molecule has 1 saturated heterocycles. The summed E-state index contributed by atoms with van der Waals surface area (Å²) in [4.78, 5) is 13.6. The topological polar surface area (TPSA) is 49.8 Å². The highest BCUT2D eigenvalue weighted by molar-refractivity contribution is 6.30. The molecule has 6 heteroatoms. The number of ether oxygens (including phenoxy) is 1. The number of benzene rings is 2. The molecule has 1 aliphatic heterocycles. The SMILES string of the molecule is COc1ccc(Cl)cc1C(c1cccc(F)c1)N1CCCC1C(=O)O. The van der Waals surface area contributed by atoms with E-state index >= 15 is 0 Å². The third-order valence-electron chi connectivity index (χ3n) is 4.56. The van der Waals surface area contributed by atoms with Gasteiger partial charge in [-0.15, -0.1) is 0 Å². The van der Waals surface area contributed by atoms with Crippen LogP contribution in [-0.2, 0) is 4.79 Å². The Bertz CT molecular complexity index is 783. The maximum absolute atomic E-state index is 13.9. The third-order valence-corrected chi connectivity index (χ3v) is 4.80. The number of nitrogens with zero attached hydrogens (tertiary/aromatic N) is 1. The quantitative estimate of drug-likeness (QED) is 0.867.